The van der Waals surface area contributed by atoms with E-state index in [1.807, 2.05) is 14.0 Å². The Bertz CT molecular complexity index is 842. The van der Waals surface area contributed by atoms with Crippen LogP contribution in [0.4, 0.5) is 21.8 Å². The predicted molar refractivity (Wildman–Crippen MR) is 91.1 cm³/mol. The van der Waals surface area contributed by atoms with Crippen LogP contribution in [0.15, 0.2) is 36.7 Å². The Morgan fingerprint density at radius 1 is 1.17 bits per heavy atom. The van der Waals surface area contributed by atoms with Crippen molar-refractivity contribution in [2.24, 2.45) is 12.9 Å². The molecule has 0 aliphatic carbocycles. The normalized spacial score (nSPS) is 10.7. The number of hydrogen-bond acceptors (Lipinski definition) is 6. The number of nitrogens with zero attached hydrogens (tertiary/aromatic N) is 4. The summed E-state index contributed by atoms with van der Waals surface area (Å²) in [6.07, 6.45) is 2.17. The number of nitrogens with two attached hydrogens (primary N) is 1. The van der Waals surface area contributed by atoms with Crippen LogP contribution in [0.1, 0.15) is 12.5 Å². The van der Waals surface area contributed by atoms with Gasteiger partial charge in [0.2, 0.25) is 0 Å². The number of aryl methyl sites for hydroxylation is 1. The van der Waals surface area contributed by atoms with Crippen molar-refractivity contribution >= 4 is 17.5 Å². The third kappa shape index (κ3) is 3.04. The van der Waals surface area contributed by atoms with E-state index in [0.717, 1.165) is 23.2 Å². The van der Waals surface area contributed by atoms with Gasteiger partial charge in [-0.05, 0) is 30.7 Å². The fraction of sp³-hybridized carbons (Fsp3) is 0.188. The van der Waals surface area contributed by atoms with Crippen molar-refractivity contribution in [3.63, 3.8) is 0 Å². The highest BCUT2D eigenvalue weighted by Crippen LogP contribution is 2.30. The highest BCUT2D eigenvalue weighted by molar-refractivity contribution is 5.72. The van der Waals surface area contributed by atoms with Gasteiger partial charge in [-0.1, -0.05) is 6.92 Å². The standard InChI is InChI=1S/C16H18FN7/c1-3-12-15(10-4-6-11(17)7-5-10)24(2)23-16(12)21-13-8-14(22-18)20-9-19-13/h4-9H,3,18H2,1-2H3,(H2,19,20,21,22,23). The highest BCUT2D eigenvalue weighted by atomic mass is 19.1. The number of halogens is 1. The van der Waals surface area contributed by atoms with Gasteiger partial charge in [0.25, 0.3) is 0 Å². The first-order chi connectivity index (χ1) is 11.6. The summed E-state index contributed by atoms with van der Waals surface area (Å²) in [5, 5.41) is 7.72. The Morgan fingerprint density at radius 2 is 1.88 bits per heavy atom. The zero-order valence-corrected chi connectivity index (χ0v) is 13.4. The van der Waals surface area contributed by atoms with Crippen molar-refractivity contribution in [1.82, 2.24) is 19.7 Å². The molecule has 8 heteroatoms. The molecule has 2 aromatic heterocycles. The average Bonchev–Trinajstić information content (AvgIpc) is 2.91. The van der Waals surface area contributed by atoms with Gasteiger partial charge in [-0.3, -0.25) is 4.68 Å². The molecule has 0 unspecified atom stereocenters. The molecular formula is C16H18FN7. The lowest BCUT2D eigenvalue weighted by Crippen LogP contribution is -2.09. The Morgan fingerprint density at radius 3 is 2.54 bits per heavy atom. The maximum Gasteiger partial charge on any atom is 0.157 e. The lowest BCUT2D eigenvalue weighted by atomic mass is 10.1. The number of hydrazine groups is 1. The molecule has 3 rings (SSSR count). The topological polar surface area (TPSA) is 93.7 Å². The summed E-state index contributed by atoms with van der Waals surface area (Å²) in [6, 6.07) is 8.06. The van der Waals surface area contributed by atoms with Crippen molar-refractivity contribution in [2.45, 2.75) is 13.3 Å². The maximum absolute atomic E-state index is 13.2. The van der Waals surface area contributed by atoms with Crippen LogP contribution in [0.25, 0.3) is 11.3 Å². The minimum atomic E-state index is -0.264. The Hall–Kier alpha value is -3.00. The molecule has 0 fully saturated rings. The van der Waals surface area contributed by atoms with Crippen molar-refractivity contribution in [3.05, 3.63) is 48.0 Å². The average molecular weight is 327 g/mol. The van der Waals surface area contributed by atoms with Gasteiger partial charge in [0.1, 0.15) is 23.8 Å². The van der Waals surface area contributed by atoms with E-state index in [-0.39, 0.29) is 5.82 Å². The van der Waals surface area contributed by atoms with Crippen molar-refractivity contribution in [3.8, 4) is 11.3 Å². The van der Waals surface area contributed by atoms with Gasteiger partial charge in [0, 0.05) is 24.2 Å². The molecule has 3 aromatic rings. The van der Waals surface area contributed by atoms with Crippen LogP contribution in [0.2, 0.25) is 0 Å². The maximum atomic E-state index is 13.2. The first-order valence-electron chi connectivity index (χ1n) is 7.50. The van der Waals surface area contributed by atoms with E-state index in [0.29, 0.717) is 17.5 Å². The summed E-state index contributed by atoms with van der Waals surface area (Å²) >= 11 is 0. The molecular weight excluding hydrogens is 309 g/mol. The van der Waals surface area contributed by atoms with Gasteiger partial charge in [0.15, 0.2) is 5.82 Å². The number of aromatic nitrogens is 4. The SMILES string of the molecule is CCc1c(Nc2cc(NN)ncn2)nn(C)c1-c1ccc(F)cc1. The molecule has 0 bridgehead atoms. The molecule has 4 N–H and O–H groups in total. The van der Waals surface area contributed by atoms with Gasteiger partial charge < -0.3 is 10.7 Å². The van der Waals surface area contributed by atoms with Crippen LogP contribution >= 0.6 is 0 Å². The minimum absolute atomic E-state index is 0.264. The fourth-order valence-electron chi connectivity index (χ4n) is 2.60. The van der Waals surface area contributed by atoms with Crippen LogP contribution < -0.4 is 16.6 Å². The van der Waals surface area contributed by atoms with E-state index in [4.69, 9.17) is 5.84 Å². The molecule has 0 amide bonds. The largest absolute Gasteiger partial charge is 0.323 e. The molecule has 0 radical (unpaired) electrons. The third-order valence-corrected chi connectivity index (χ3v) is 3.68. The van der Waals surface area contributed by atoms with Crippen molar-refractivity contribution in [2.75, 3.05) is 10.7 Å². The van der Waals surface area contributed by atoms with Gasteiger partial charge in [0.05, 0.1) is 5.69 Å². The molecule has 0 saturated heterocycles. The lowest BCUT2D eigenvalue weighted by molar-refractivity contribution is 0.628. The molecule has 24 heavy (non-hydrogen) atoms. The second-order valence-electron chi connectivity index (χ2n) is 5.22. The van der Waals surface area contributed by atoms with Gasteiger partial charge >= 0.3 is 0 Å². The number of benzene rings is 1. The monoisotopic (exact) mass is 327 g/mol. The Kier molecular flexibility index (Phi) is 4.39. The molecule has 2 heterocycles. The molecule has 7 nitrogen and oxygen atoms in total. The molecule has 0 saturated carbocycles. The Balaban J connectivity index is 2.00. The summed E-state index contributed by atoms with van der Waals surface area (Å²) in [5.74, 6) is 6.88. The van der Waals surface area contributed by atoms with Crippen molar-refractivity contribution in [1.29, 1.82) is 0 Å². The number of hydrogen-bond donors (Lipinski definition) is 3. The number of nitrogens with one attached hydrogen (secondary N) is 2. The quantitative estimate of drug-likeness (QED) is 0.493. The van der Waals surface area contributed by atoms with Crippen LogP contribution in [-0.2, 0) is 13.5 Å². The first-order valence-corrected chi connectivity index (χ1v) is 7.50. The summed E-state index contributed by atoms with van der Waals surface area (Å²) in [6.45, 7) is 2.04. The first kappa shape index (κ1) is 15.9. The molecule has 0 atom stereocenters. The molecule has 124 valence electrons. The third-order valence-electron chi connectivity index (χ3n) is 3.68. The van der Waals surface area contributed by atoms with Crippen molar-refractivity contribution < 1.29 is 4.39 Å². The highest BCUT2D eigenvalue weighted by Gasteiger charge is 2.17. The lowest BCUT2D eigenvalue weighted by Gasteiger charge is -2.07. The molecule has 0 aliphatic heterocycles. The zero-order chi connectivity index (χ0) is 17.1. The van der Waals surface area contributed by atoms with Crippen LogP contribution in [0, 0.1) is 5.82 Å². The molecule has 0 spiro atoms. The smallest absolute Gasteiger partial charge is 0.157 e. The number of rotatable bonds is 5. The van der Waals surface area contributed by atoms with E-state index in [2.05, 4.69) is 25.8 Å². The predicted octanol–water partition coefficient (Wildman–Crippen LogP) is 2.61. The summed E-state index contributed by atoms with van der Waals surface area (Å²) in [5.41, 5.74) is 5.34. The number of nitrogen functional groups attached to an aromatic ring is 1. The van der Waals surface area contributed by atoms with Crippen LogP contribution in [-0.4, -0.2) is 19.7 Å². The van der Waals surface area contributed by atoms with E-state index >= 15 is 0 Å². The van der Waals surface area contributed by atoms with Crippen LogP contribution in [0.5, 0.6) is 0 Å². The zero-order valence-electron chi connectivity index (χ0n) is 13.4. The fourth-order valence-corrected chi connectivity index (χ4v) is 2.60. The van der Waals surface area contributed by atoms with Crippen LogP contribution in [0.3, 0.4) is 0 Å². The summed E-state index contributed by atoms with van der Waals surface area (Å²) < 4.78 is 15.0. The summed E-state index contributed by atoms with van der Waals surface area (Å²) in [4.78, 5) is 8.14. The minimum Gasteiger partial charge on any atom is -0.323 e. The number of anilines is 3. The summed E-state index contributed by atoms with van der Waals surface area (Å²) in [7, 11) is 1.86. The second-order valence-corrected chi connectivity index (χ2v) is 5.22. The van der Waals surface area contributed by atoms with Gasteiger partial charge in [-0.15, -0.1) is 0 Å². The molecule has 1 aromatic carbocycles. The van der Waals surface area contributed by atoms with E-state index in [1.54, 1.807) is 22.9 Å². The van der Waals surface area contributed by atoms with Gasteiger partial charge in [-0.2, -0.15) is 5.10 Å². The second kappa shape index (κ2) is 6.63. The van der Waals surface area contributed by atoms with E-state index in [1.165, 1.54) is 18.5 Å². The Labute approximate surface area is 138 Å². The van der Waals surface area contributed by atoms with Gasteiger partial charge in [-0.25, -0.2) is 20.2 Å². The van der Waals surface area contributed by atoms with E-state index in [9.17, 15) is 4.39 Å². The van der Waals surface area contributed by atoms with E-state index < -0.39 is 0 Å². The molecule has 0 aliphatic rings.